The summed E-state index contributed by atoms with van der Waals surface area (Å²) < 4.78 is 39.5. The maximum absolute atomic E-state index is 6.92. The van der Waals surface area contributed by atoms with Crippen LogP contribution < -0.4 is 30.4 Å². The number of rotatable bonds is 6. The molecule has 0 fully saturated rings. The first kappa shape index (κ1) is 48.8. The summed E-state index contributed by atoms with van der Waals surface area (Å²) >= 11 is 6.72. The fraction of sp³-hybridized carbons (Fsp3) is 0.520. The highest BCUT2D eigenvalue weighted by atomic mass is 32.2. The number of ether oxygens (including phenoxy) is 6. The maximum Gasteiger partial charge on any atom is 0.147 e. The average Bonchev–Trinajstić information content (AvgIpc) is 3.17. The van der Waals surface area contributed by atoms with Gasteiger partial charge in [-0.2, -0.15) is 0 Å². The Kier molecular flexibility index (Phi) is 15.9. The number of nitrogens with two attached hydrogens (primary N) is 2. The fourth-order valence-corrected chi connectivity index (χ4v) is 11.5. The second-order valence-corrected chi connectivity index (χ2v) is 24.1. The van der Waals surface area contributed by atoms with Crippen molar-refractivity contribution in [3.05, 3.63) is 70.8 Å². The summed E-state index contributed by atoms with van der Waals surface area (Å²) in [6.45, 7) is 31.0. The molecule has 338 valence electrons. The molecule has 4 aromatic rings. The zero-order chi connectivity index (χ0) is 45.0. The normalized spacial score (nSPS) is 15.6. The number of hydrogen-bond acceptors (Lipinski definition) is 12. The van der Waals surface area contributed by atoms with Gasteiger partial charge in [-0.05, 0) is 92.4 Å². The number of fused-ring (bicyclic) bond motifs is 2. The van der Waals surface area contributed by atoms with Crippen molar-refractivity contribution in [1.29, 1.82) is 0 Å². The third kappa shape index (κ3) is 12.2. The van der Waals surface area contributed by atoms with Crippen LogP contribution >= 0.6 is 47.0 Å². The Morgan fingerprint density at radius 2 is 0.645 bits per heavy atom. The molecule has 0 unspecified atom stereocenters. The van der Waals surface area contributed by atoms with E-state index in [-0.39, 0.29) is 21.7 Å². The van der Waals surface area contributed by atoms with Crippen LogP contribution in [0.3, 0.4) is 0 Å². The average molecular weight is 921 g/mol. The molecule has 0 amide bonds. The summed E-state index contributed by atoms with van der Waals surface area (Å²) in [4.78, 5) is 7.90. The Hall–Kier alpha value is -2.68. The summed E-state index contributed by atoms with van der Waals surface area (Å²) in [6.07, 6.45) is 0. The van der Waals surface area contributed by atoms with Gasteiger partial charge < -0.3 is 39.9 Å². The van der Waals surface area contributed by atoms with Gasteiger partial charge in [0.15, 0.2) is 0 Å². The topological polar surface area (TPSA) is 107 Å². The molecule has 0 spiro atoms. The Labute approximate surface area is 388 Å². The molecule has 4 N–H and O–H groups in total. The predicted molar refractivity (Wildman–Crippen MR) is 259 cm³/mol. The van der Waals surface area contributed by atoms with E-state index in [2.05, 4.69) is 132 Å². The molecule has 0 aromatic heterocycles. The highest BCUT2D eigenvalue weighted by molar-refractivity contribution is 8.01. The van der Waals surface area contributed by atoms with Crippen molar-refractivity contribution in [2.45, 2.75) is 144 Å². The van der Waals surface area contributed by atoms with Crippen molar-refractivity contribution >= 4 is 47.0 Å². The largest absolute Gasteiger partial charge is 0.490 e. The lowest BCUT2D eigenvalue weighted by atomic mass is 9.87. The molecular weight excluding hydrogens is 853 g/mol. The predicted octanol–water partition coefficient (Wildman–Crippen LogP) is 12.3. The van der Waals surface area contributed by atoms with Gasteiger partial charge in [0, 0.05) is 13.1 Å². The fourth-order valence-electron chi connectivity index (χ4n) is 6.74. The van der Waals surface area contributed by atoms with Crippen LogP contribution in [0.4, 0.5) is 0 Å². The van der Waals surface area contributed by atoms with Crippen molar-refractivity contribution in [2.24, 2.45) is 11.5 Å². The molecule has 0 aliphatic carbocycles. The highest BCUT2D eigenvalue weighted by Crippen LogP contribution is 2.56. The lowest BCUT2D eigenvalue weighted by Crippen LogP contribution is -2.15. The standard InChI is InChI=1S/C50H68N2O6S4/c1-47(2,3)31-23-35-43(55-15-13-51)36(24-31)60-40-28-34(50(10,11)12)30-42-46(40)58-22-20-54-18-17-53-19-21-57-45-39(59-35)27-33(49(7,8)9)29-41(45)61-37-25-32(48(4,5)6)26-38(62-42)44(37)56-16-14-52/h23-30H,13-22,51-52H2,1-12H3. The van der Waals surface area contributed by atoms with Crippen LogP contribution in [-0.2, 0) is 31.1 Å². The highest BCUT2D eigenvalue weighted by Gasteiger charge is 2.30. The van der Waals surface area contributed by atoms with Crippen molar-refractivity contribution in [2.75, 3.05) is 65.9 Å². The molecule has 2 aliphatic heterocycles. The monoisotopic (exact) mass is 920 g/mol. The van der Waals surface area contributed by atoms with Crippen molar-refractivity contribution in [3.8, 4) is 23.0 Å². The van der Waals surface area contributed by atoms with Gasteiger partial charge in [0.2, 0.25) is 0 Å². The lowest BCUT2D eigenvalue weighted by molar-refractivity contribution is 0.0263. The molecule has 12 heteroatoms. The Morgan fingerprint density at radius 1 is 0.403 bits per heavy atom. The Morgan fingerprint density at radius 3 is 0.887 bits per heavy atom. The summed E-state index contributed by atoms with van der Waals surface area (Å²) in [5, 5.41) is 0. The molecule has 0 saturated carbocycles. The van der Waals surface area contributed by atoms with E-state index in [0.717, 1.165) is 62.2 Å². The van der Waals surface area contributed by atoms with Gasteiger partial charge >= 0.3 is 0 Å². The molecule has 2 heterocycles. The van der Waals surface area contributed by atoms with Crippen LogP contribution in [-0.4, -0.2) is 65.9 Å². The smallest absolute Gasteiger partial charge is 0.147 e. The minimum atomic E-state index is -0.177. The van der Waals surface area contributed by atoms with Crippen LogP contribution in [0, 0.1) is 0 Å². The van der Waals surface area contributed by atoms with Gasteiger partial charge in [-0.3, -0.25) is 0 Å². The second-order valence-electron chi connectivity index (χ2n) is 19.8. The van der Waals surface area contributed by atoms with E-state index in [1.165, 1.54) is 22.3 Å². The molecule has 0 atom stereocenters. The molecular formula is C50H68N2O6S4. The lowest BCUT2D eigenvalue weighted by Gasteiger charge is -2.28. The van der Waals surface area contributed by atoms with Gasteiger partial charge in [0.25, 0.3) is 0 Å². The van der Waals surface area contributed by atoms with Crippen molar-refractivity contribution < 1.29 is 28.4 Å². The zero-order valence-electron chi connectivity index (χ0n) is 38.9. The van der Waals surface area contributed by atoms with E-state index < -0.39 is 0 Å². The van der Waals surface area contributed by atoms with E-state index in [1.807, 2.05) is 0 Å². The van der Waals surface area contributed by atoms with E-state index >= 15 is 0 Å². The first-order chi connectivity index (χ1) is 29.2. The molecule has 8 nitrogen and oxygen atoms in total. The van der Waals surface area contributed by atoms with Crippen LogP contribution in [0.2, 0.25) is 0 Å². The van der Waals surface area contributed by atoms with Gasteiger partial charge in [0.05, 0.1) is 65.6 Å². The van der Waals surface area contributed by atoms with Gasteiger partial charge in [-0.1, -0.05) is 130 Å². The Balaban J connectivity index is 1.81. The first-order valence-electron chi connectivity index (χ1n) is 21.7. The minimum Gasteiger partial charge on any atom is -0.490 e. The van der Waals surface area contributed by atoms with Gasteiger partial charge in [-0.25, -0.2) is 0 Å². The molecule has 2 aliphatic rings. The quantitative estimate of drug-likeness (QED) is 0.169. The van der Waals surface area contributed by atoms with Gasteiger partial charge in [-0.15, -0.1) is 0 Å². The summed E-state index contributed by atoms with van der Waals surface area (Å²) in [5.74, 6) is 3.15. The molecule has 0 radical (unpaired) electrons. The van der Waals surface area contributed by atoms with Crippen LogP contribution in [0.15, 0.2) is 87.7 Å². The summed E-state index contributed by atoms with van der Waals surface area (Å²) in [6, 6.07) is 18.3. The minimum absolute atomic E-state index is 0.170. The van der Waals surface area contributed by atoms with Crippen LogP contribution in [0.5, 0.6) is 23.0 Å². The second kappa shape index (κ2) is 20.2. The van der Waals surface area contributed by atoms with Gasteiger partial charge in [0.1, 0.15) is 49.4 Å². The van der Waals surface area contributed by atoms with E-state index in [0.29, 0.717) is 65.9 Å². The number of benzene rings is 4. The van der Waals surface area contributed by atoms with E-state index in [9.17, 15) is 0 Å². The first-order valence-corrected chi connectivity index (χ1v) is 25.0. The molecule has 62 heavy (non-hydrogen) atoms. The van der Waals surface area contributed by atoms with Crippen molar-refractivity contribution in [1.82, 2.24) is 0 Å². The summed E-state index contributed by atoms with van der Waals surface area (Å²) in [7, 11) is 0. The maximum atomic E-state index is 6.92. The Bertz CT molecular complexity index is 1950. The van der Waals surface area contributed by atoms with Crippen molar-refractivity contribution in [3.63, 3.8) is 0 Å². The molecule has 10 bridgehead atoms. The molecule has 4 aromatic carbocycles. The molecule has 6 rings (SSSR count). The summed E-state index contributed by atoms with van der Waals surface area (Å²) in [5.41, 5.74) is 16.4. The van der Waals surface area contributed by atoms with E-state index in [1.54, 1.807) is 47.0 Å². The third-order valence-corrected chi connectivity index (χ3v) is 14.7. The van der Waals surface area contributed by atoms with Crippen LogP contribution in [0.25, 0.3) is 0 Å². The molecule has 0 saturated heterocycles. The van der Waals surface area contributed by atoms with E-state index in [4.69, 9.17) is 39.9 Å². The SMILES string of the molecule is CC(C)(C)c1cc2c(OCCN)c(c1)Sc1cc(C(C)(C)C)cc3c1OCCOCCOCCOc1c(cc(C(C)(C)C)cc1Sc1cc(C(C)(C)C)cc(c1OCCN)S3)S2. The zero-order valence-corrected chi connectivity index (χ0v) is 42.2. The number of hydrogen-bond donors (Lipinski definition) is 2. The third-order valence-electron chi connectivity index (χ3n) is 10.5. The van der Waals surface area contributed by atoms with Crippen LogP contribution in [0.1, 0.15) is 105 Å².